The number of amides is 1. The van der Waals surface area contributed by atoms with Crippen LogP contribution in [0.3, 0.4) is 0 Å². The van der Waals surface area contributed by atoms with Gasteiger partial charge in [-0.1, -0.05) is 17.7 Å². The molecular formula is C21H13ClF2N4O. The third-order valence-electron chi connectivity index (χ3n) is 4.14. The van der Waals surface area contributed by atoms with E-state index in [9.17, 15) is 13.6 Å². The monoisotopic (exact) mass is 410 g/mol. The number of rotatable bonds is 4. The van der Waals surface area contributed by atoms with Gasteiger partial charge in [-0.25, -0.2) is 13.5 Å². The van der Waals surface area contributed by atoms with Crippen molar-refractivity contribution in [3.63, 3.8) is 0 Å². The van der Waals surface area contributed by atoms with E-state index in [2.05, 4.69) is 15.4 Å². The maximum absolute atomic E-state index is 13.5. The molecule has 8 heteroatoms. The van der Waals surface area contributed by atoms with Gasteiger partial charge < -0.3 is 5.32 Å². The fourth-order valence-corrected chi connectivity index (χ4v) is 3.11. The summed E-state index contributed by atoms with van der Waals surface area (Å²) < 4.78 is 28.5. The summed E-state index contributed by atoms with van der Waals surface area (Å²) in [4.78, 5) is 16.9. The predicted octanol–water partition coefficient (Wildman–Crippen LogP) is 5.12. The van der Waals surface area contributed by atoms with E-state index in [0.717, 1.165) is 18.2 Å². The normalized spacial score (nSPS) is 10.7. The first-order chi connectivity index (χ1) is 14.0. The van der Waals surface area contributed by atoms with Crippen LogP contribution in [0.15, 0.2) is 73.2 Å². The van der Waals surface area contributed by atoms with Gasteiger partial charge in [-0.15, -0.1) is 0 Å². The van der Waals surface area contributed by atoms with Gasteiger partial charge in [0.2, 0.25) is 0 Å². The van der Waals surface area contributed by atoms with E-state index in [0.29, 0.717) is 22.0 Å². The number of nitrogens with one attached hydrogen (secondary N) is 1. The lowest BCUT2D eigenvalue weighted by Crippen LogP contribution is -2.13. The molecule has 0 radical (unpaired) electrons. The summed E-state index contributed by atoms with van der Waals surface area (Å²) in [6.45, 7) is 0. The molecule has 4 aromatic rings. The summed E-state index contributed by atoms with van der Waals surface area (Å²) in [5.41, 5.74) is 2.06. The maximum atomic E-state index is 13.5. The van der Waals surface area contributed by atoms with Crippen LogP contribution in [-0.4, -0.2) is 20.7 Å². The molecule has 2 aromatic carbocycles. The number of hydrogen-bond acceptors (Lipinski definition) is 3. The Bertz CT molecular complexity index is 1170. The molecule has 0 saturated carbocycles. The number of carbonyl (C=O) groups is 1. The highest BCUT2D eigenvalue weighted by Crippen LogP contribution is 2.28. The first-order valence-corrected chi connectivity index (χ1v) is 8.91. The van der Waals surface area contributed by atoms with Crippen LogP contribution in [0.5, 0.6) is 0 Å². The Morgan fingerprint density at radius 3 is 2.41 bits per heavy atom. The largest absolute Gasteiger partial charge is 0.322 e. The minimum Gasteiger partial charge on any atom is -0.322 e. The second kappa shape index (κ2) is 7.81. The summed E-state index contributed by atoms with van der Waals surface area (Å²) in [6, 6.07) is 13.3. The van der Waals surface area contributed by atoms with Gasteiger partial charge in [0.25, 0.3) is 5.91 Å². The van der Waals surface area contributed by atoms with Gasteiger partial charge in [0.05, 0.1) is 23.1 Å². The van der Waals surface area contributed by atoms with Crippen LogP contribution in [0.25, 0.3) is 16.9 Å². The number of hydrogen-bond donors (Lipinski definition) is 1. The Kier molecular flexibility index (Phi) is 5.05. The second-order valence-corrected chi connectivity index (χ2v) is 6.58. The number of pyridine rings is 1. The van der Waals surface area contributed by atoms with Gasteiger partial charge in [0.15, 0.2) is 0 Å². The topological polar surface area (TPSA) is 59.8 Å². The Morgan fingerprint density at radius 1 is 1.00 bits per heavy atom. The number of aromatic nitrogens is 3. The number of halogens is 3. The summed E-state index contributed by atoms with van der Waals surface area (Å²) in [6.07, 6.45) is 4.57. The van der Waals surface area contributed by atoms with Gasteiger partial charge >= 0.3 is 0 Å². The van der Waals surface area contributed by atoms with Gasteiger partial charge in [-0.3, -0.25) is 9.78 Å². The van der Waals surface area contributed by atoms with Crippen molar-refractivity contribution < 1.29 is 13.6 Å². The molecule has 0 atom stereocenters. The van der Waals surface area contributed by atoms with Crippen molar-refractivity contribution in [1.82, 2.24) is 14.8 Å². The molecule has 0 spiro atoms. The zero-order valence-electron chi connectivity index (χ0n) is 14.8. The third-order valence-corrected chi connectivity index (χ3v) is 4.38. The van der Waals surface area contributed by atoms with E-state index >= 15 is 0 Å². The van der Waals surface area contributed by atoms with Crippen molar-refractivity contribution in [3.05, 3.63) is 95.4 Å². The van der Waals surface area contributed by atoms with Gasteiger partial charge in [0, 0.05) is 34.7 Å². The molecule has 144 valence electrons. The molecule has 0 aliphatic heterocycles. The average Bonchev–Trinajstić information content (AvgIpc) is 3.13. The highest BCUT2D eigenvalue weighted by Gasteiger charge is 2.20. The standard InChI is InChI=1S/C21H13ClF2N4O/c22-14-2-1-3-18(8-14)28-20(13-4-6-25-7-5-13)19(12-26-28)21(29)27-17-10-15(23)9-16(24)11-17/h1-12H,(H,27,29). The second-order valence-electron chi connectivity index (χ2n) is 6.15. The molecule has 29 heavy (non-hydrogen) atoms. The molecule has 4 rings (SSSR count). The molecule has 2 heterocycles. The van der Waals surface area contributed by atoms with E-state index in [1.54, 1.807) is 53.5 Å². The Labute approximate surface area is 169 Å². The molecule has 0 saturated heterocycles. The zero-order valence-corrected chi connectivity index (χ0v) is 15.6. The molecule has 1 N–H and O–H groups in total. The number of anilines is 1. The summed E-state index contributed by atoms with van der Waals surface area (Å²) >= 11 is 6.10. The quantitative estimate of drug-likeness (QED) is 0.508. The van der Waals surface area contributed by atoms with Crippen molar-refractivity contribution in [2.24, 2.45) is 0 Å². The molecule has 1 amide bonds. The van der Waals surface area contributed by atoms with Crippen molar-refractivity contribution in [1.29, 1.82) is 0 Å². The molecule has 0 fully saturated rings. The smallest absolute Gasteiger partial charge is 0.259 e. The SMILES string of the molecule is O=C(Nc1cc(F)cc(F)c1)c1cnn(-c2cccc(Cl)c2)c1-c1ccncc1. The first-order valence-electron chi connectivity index (χ1n) is 8.53. The van der Waals surface area contributed by atoms with E-state index in [4.69, 9.17) is 11.6 Å². The van der Waals surface area contributed by atoms with Crippen molar-refractivity contribution >= 4 is 23.2 Å². The Hall–Kier alpha value is -3.58. The van der Waals surface area contributed by atoms with Gasteiger partial charge in [-0.05, 0) is 42.5 Å². The molecular weight excluding hydrogens is 398 g/mol. The van der Waals surface area contributed by atoms with Crippen molar-refractivity contribution in [2.45, 2.75) is 0 Å². The fourth-order valence-electron chi connectivity index (χ4n) is 2.93. The summed E-state index contributed by atoms with van der Waals surface area (Å²) in [5.74, 6) is -2.14. The Morgan fingerprint density at radius 2 is 1.72 bits per heavy atom. The average molecular weight is 411 g/mol. The minimum absolute atomic E-state index is 0.00341. The van der Waals surface area contributed by atoms with Crippen LogP contribution in [0.1, 0.15) is 10.4 Å². The highest BCUT2D eigenvalue weighted by molar-refractivity contribution is 6.30. The van der Waals surface area contributed by atoms with Crippen LogP contribution >= 0.6 is 11.6 Å². The van der Waals surface area contributed by atoms with Crippen molar-refractivity contribution in [2.75, 3.05) is 5.32 Å². The van der Waals surface area contributed by atoms with Crippen LogP contribution < -0.4 is 5.32 Å². The molecule has 2 aromatic heterocycles. The first kappa shape index (κ1) is 18.8. The van der Waals surface area contributed by atoms with E-state index in [1.165, 1.54) is 6.20 Å². The third kappa shape index (κ3) is 4.00. The number of benzene rings is 2. The molecule has 5 nitrogen and oxygen atoms in total. The van der Waals surface area contributed by atoms with Gasteiger partial charge in [0.1, 0.15) is 11.6 Å². The van der Waals surface area contributed by atoms with Crippen LogP contribution in [0.4, 0.5) is 14.5 Å². The van der Waals surface area contributed by atoms with Crippen molar-refractivity contribution in [3.8, 4) is 16.9 Å². The molecule has 0 aliphatic carbocycles. The summed E-state index contributed by atoms with van der Waals surface area (Å²) in [7, 11) is 0. The zero-order chi connectivity index (χ0) is 20.4. The van der Waals surface area contributed by atoms with Gasteiger partial charge in [-0.2, -0.15) is 5.10 Å². The molecule has 0 aliphatic rings. The molecule has 0 bridgehead atoms. The predicted molar refractivity (Wildman–Crippen MR) is 106 cm³/mol. The van der Waals surface area contributed by atoms with Crippen LogP contribution in [0, 0.1) is 11.6 Å². The lowest BCUT2D eigenvalue weighted by atomic mass is 10.1. The lowest BCUT2D eigenvalue weighted by Gasteiger charge is -2.11. The lowest BCUT2D eigenvalue weighted by molar-refractivity contribution is 0.102. The molecule has 0 unspecified atom stereocenters. The number of nitrogens with zero attached hydrogens (tertiary/aromatic N) is 3. The van der Waals surface area contributed by atoms with E-state index in [-0.39, 0.29) is 11.3 Å². The van der Waals surface area contributed by atoms with E-state index < -0.39 is 17.5 Å². The van der Waals surface area contributed by atoms with Crippen LogP contribution in [-0.2, 0) is 0 Å². The fraction of sp³-hybridized carbons (Fsp3) is 0. The number of carbonyl (C=O) groups excluding carboxylic acids is 1. The summed E-state index contributed by atoms with van der Waals surface area (Å²) in [5, 5.41) is 7.36. The Balaban J connectivity index is 1.80. The highest BCUT2D eigenvalue weighted by atomic mass is 35.5. The maximum Gasteiger partial charge on any atom is 0.259 e. The van der Waals surface area contributed by atoms with E-state index in [1.807, 2.05) is 0 Å². The minimum atomic E-state index is -0.788. The van der Waals surface area contributed by atoms with Crippen LogP contribution in [0.2, 0.25) is 5.02 Å².